The van der Waals surface area contributed by atoms with E-state index in [0.29, 0.717) is 12.0 Å². The molecule has 0 spiro atoms. The molecule has 0 radical (unpaired) electrons. The van der Waals surface area contributed by atoms with E-state index in [1.807, 2.05) is 7.05 Å². The van der Waals surface area contributed by atoms with Crippen LogP contribution in [0.15, 0.2) is 6.33 Å². The van der Waals surface area contributed by atoms with Crippen LogP contribution in [0.4, 0.5) is 11.6 Å². The quantitative estimate of drug-likeness (QED) is 0.811. The topological polar surface area (TPSA) is 49.8 Å². The molecular formula is C14H24N4. The van der Waals surface area contributed by atoms with Crippen LogP contribution in [0.2, 0.25) is 0 Å². The fourth-order valence-corrected chi connectivity index (χ4v) is 2.40. The van der Waals surface area contributed by atoms with Crippen LogP contribution in [0.3, 0.4) is 0 Å². The highest BCUT2D eigenvalue weighted by molar-refractivity contribution is 5.59. The number of nitrogens with one attached hydrogen (secondary N) is 2. The van der Waals surface area contributed by atoms with Gasteiger partial charge in [0.05, 0.1) is 0 Å². The van der Waals surface area contributed by atoms with Crippen molar-refractivity contribution in [1.82, 2.24) is 9.97 Å². The summed E-state index contributed by atoms with van der Waals surface area (Å²) in [6.45, 7) is 6.59. The molecule has 0 amide bonds. The number of rotatable bonds is 6. The fraction of sp³-hybridized carbons (Fsp3) is 0.714. The molecule has 1 aromatic rings. The van der Waals surface area contributed by atoms with Crippen LogP contribution in [0.25, 0.3) is 0 Å². The van der Waals surface area contributed by atoms with Crippen LogP contribution in [0.1, 0.15) is 51.5 Å². The summed E-state index contributed by atoms with van der Waals surface area (Å²) in [4.78, 5) is 8.71. The molecule has 0 bridgehead atoms. The van der Waals surface area contributed by atoms with Crippen molar-refractivity contribution in [2.24, 2.45) is 5.92 Å². The molecule has 1 unspecified atom stereocenters. The summed E-state index contributed by atoms with van der Waals surface area (Å²) in [7, 11) is 1.91. The van der Waals surface area contributed by atoms with Crippen molar-refractivity contribution < 1.29 is 0 Å². The third-order valence-electron chi connectivity index (χ3n) is 3.46. The van der Waals surface area contributed by atoms with Gasteiger partial charge in [0, 0.05) is 18.7 Å². The predicted octanol–water partition coefficient (Wildman–Crippen LogP) is 3.24. The van der Waals surface area contributed by atoms with Gasteiger partial charge in [-0.05, 0) is 25.2 Å². The molecule has 2 rings (SSSR count). The molecule has 1 heterocycles. The number of hydrogen-bond donors (Lipinski definition) is 2. The maximum atomic E-state index is 4.41. The Morgan fingerprint density at radius 2 is 1.89 bits per heavy atom. The van der Waals surface area contributed by atoms with Crippen molar-refractivity contribution in [3.8, 4) is 0 Å². The first-order valence-corrected chi connectivity index (χ1v) is 6.91. The zero-order valence-electron chi connectivity index (χ0n) is 11.8. The Morgan fingerprint density at radius 3 is 2.44 bits per heavy atom. The summed E-state index contributed by atoms with van der Waals surface area (Å²) in [5.41, 5.74) is 1.18. The average molecular weight is 248 g/mol. The molecule has 0 saturated heterocycles. The van der Waals surface area contributed by atoms with Gasteiger partial charge in [-0.3, -0.25) is 0 Å². The van der Waals surface area contributed by atoms with E-state index < -0.39 is 0 Å². The smallest absolute Gasteiger partial charge is 0.135 e. The minimum absolute atomic E-state index is 0.407. The van der Waals surface area contributed by atoms with E-state index in [1.54, 1.807) is 6.33 Å². The van der Waals surface area contributed by atoms with E-state index in [0.717, 1.165) is 17.6 Å². The molecule has 2 N–H and O–H groups in total. The zero-order chi connectivity index (χ0) is 13.1. The van der Waals surface area contributed by atoms with Gasteiger partial charge in [-0.1, -0.05) is 26.7 Å². The van der Waals surface area contributed by atoms with Crippen molar-refractivity contribution in [1.29, 1.82) is 0 Å². The second-order valence-corrected chi connectivity index (χ2v) is 5.61. The molecule has 18 heavy (non-hydrogen) atoms. The standard InChI is InChI=1S/C14H24N4/c1-9(2)12-13(15-4)16-8-17-14(12)18-10(3)7-11-5-6-11/h8-11H,5-7H2,1-4H3,(H2,15,16,17,18). The summed E-state index contributed by atoms with van der Waals surface area (Å²) >= 11 is 0. The van der Waals surface area contributed by atoms with E-state index in [4.69, 9.17) is 0 Å². The molecular weight excluding hydrogens is 224 g/mol. The largest absolute Gasteiger partial charge is 0.373 e. The SMILES string of the molecule is CNc1ncnc(NC(C)CC2CC2)c1C(C)C. The van der Waals surface area contributed by atoms with Crippen molar-refractivity contribution in [2.45, 2.75) is 52.0 Å². The molecule has 100 valence electrons. The first-order valence-electron chi connectivity index (χ1n) is 6.91. The molecule has 1 atom stereocenters. The highest BCUT2D eigenvalue weighted by Gasteiger charge is 2.24. The van der Waals surface area contributed by atoms with Crippen molar-refractivity contribution >= 4 is 11.6 Å². The van der Waals surface area contributed by atoms with Gasteiger partial charge in [0.2, 0.25) is 0 Å². The minimum Gasteiger partial charge on any atom is -0.373 e. The lowest BCUT2D eigenvalue weighted by Crippen LogP contribution is -2.19. The molecule has 1 fully saturated rings. The summed E-state index contributed by atoms with van der Waals surface area (Å²) < 4.78 is 0. The lowest BCUT2D eigenvalue weighted by molar-refractivity contribution is 0.638. The number of nitrogens with zero attached hydrogens (tertiary/aromatic N) is 2. The molecule has 1 saturated carbocycles. The first kappa shape index (κ1) is 13.1. The summed E-state index contributed by atoms with van der Waals surface area (Å²) in [5, 5.41) is 6.70. The van der Waals surface area contributed by atoms with Crippen molar-refractivity contribution in [2.75, 3.05) is 17.7 Å². The molecule has 4 heteroatoms. The predicted molar refractivity (Wildman–Crippen MR) is 76.1 cm³/mol. The van der Waals surface area contributed by atoms with E-state index in [1.165, 1.54) is 24.8 Å². The Kier molecular flexibility index (Phi) is 4.04. The van der Waals surface area contributed by atoms with Gasteiger partial charge >= 0.3 is 0 Å². The molecule has 1 aromatic heterocycles. The number of aromatic nitrogens is 2. The van der Waals surface area contributed by atoms with E-state index in [9.17, 15) is 0 Å². The monoisotopic (exact) mass is 248 g/mol. The van der Waals surface area contributed by atoms with E-state index in [2.05, 4.69) is 41.4 Å². The fourth-order valence-electron chi connectivity index (χ4n) is 2.40. The summed E-state index contributed by atoms with van der Waals surface area (Å²) in [5.74, 6) is 3.25. The third-order valence-corrected chi connectivity index (χ3v) is 3.46. The number of anilines is 2. The Labute approximate surface area is 110 Å². The van der Waals surface area contributed by atoms with E-state index >= 15 is 0 Å². The van der Waals surface area contributed by atoms with Crippen LogP contribution in [0.5, 0.6) is 0 Å². The summed E-state index contributed by atoms with van der Waals surface area (Å²) in [6.07, 6.45) is 5.67. The van der Waals surface area contributed by atoms with Crippen LogP contribution >= 0.6 is 0 Å². The summed E-state index contributed by atoms with van der Waals surface area (Å²) in [6, 6.07) is 0.481. The van der Waals surface area contributed by atoms with Crippen LogP contribution in [0, 0.1) is 5.92 Å². The average Bonchev–Trinajstić information content (AvgIpc) is 3.11. The Bertz CT molecular complexity index is 399. The van der Waals surface area contributed by atoms with Crippen LogP contribution in [-0.2, 0) is 0 Å². The third kappa shape index (κ3) is 3.12. The Hall–Kier alpha value is -1.32. The van der Waals surface area contributed by atoms with Gasteiger partial charge in [-0.2, -0.15) is 0 Å². The maximum Gasteiger partial charge on any atom is 0.135 e. The van der Waals surface area contributed by atoms with Gasteiger partial charge in [-0.25, -0.2) is 9.97 Å². The minimum atomic E-state index is 0.407. The molecule has 1 aliphatic rings. The van der Waals surface area contributed by atoms with Gasteiger partial charge in [0.25, 0.3) is 0 Å². The lowest BCUT2D eigenvalue weighted by atomic mass is 10.0. The van der Waals surface area contributed by atoms with Gasteiger partial charge < -0.3 is 10.6 Å². The lowest BCUT2D eigenvalue weighted by Gasteiger charge is -2.20. The molecule has 4 nitrogen and oxygen atoms in total. The Balaban J connectivity index is 2.14. The van der Waals surface area contributed by atoms with Crippen molar-refractivity contribution in [3.63, 3.8) is 0 Å². The molecule has 0 aliphatic heterocycles. The highest BCUT2D eigenvalue weighted by Crippen LogP contribution is 2.35. The number of hydrogen-bond acceptors (Lipinski definition) is 4. The van der Waals surface area contributed by atoms with Crippen LogP contribution < -0.4 is 10.6 Å². The molecule has 0 aromatic carbocycles. The molecule has 1 aliphatic carbocycles. The van der Waals surface area contributed by atoms with Gasteiger partial charge in [0.15, 0.2) is 0 Å². The van der Waals surface area contributed by atoms with Crippen LogP contribution in [-0.4, -0.2) is 23.1 Å². The van der Waals surface area contributed by atoms with E-state index in [-0.39, 0.29) is 0 Å². The second kappa shape index (κ2) is 5.55. The zero-order valence-corrected chi connectivity index (χ0v) is 11.8. The normalized spacial score (nSPS) is 16.7. The maximum absolute atomic E-state index is 4.41. The van der Waals surface area contributed by atoms with Crippen molar-refractivity contribution in [3.05, 3.63) is 11.9 Å². The van der Waals surface area contributed by atoms with Gasteiger partial charge in [0.1, 0.15) is 18.0 Å². The highest BCUT2D eigenvalue weighted by atomic mass is 15.1. The first-order chi connectivity index (χ1) is 8.61. The van der Waals surface area contributed by atoms with Gasteiger partial charge in [-0.15, -0.1) is 0 Å². The Morgan fingerprint density at radius 1 is 1.22 bits per heavy atom. The second-order valence-electron chi connectivity index (χ2n) is 5.61.